The van der Waals surface area contributed by atoms with Gasteiger partial charge in [-0.1, -0.05) is 30.7 Å². The minimum Gasteiger partial charge on any atom is -0.478 e. The number of aromatic nitrogens is 2. The van der Waals surface area contributed by atoms with Crippen LogP contribution in [0, 0.1) is 0 Å². The maximum absolute atomic E-state index is 5.94. The first-order chi connectivity index (χ1) is 9.28. The van der Waals surface area contributed by atoms with Crippen LogP contribution in [0.25, 0.3) is 0 Å². The molecule has 0 bridgehead atoms. The summed E-state index contributed by atoms with van der Waals surface area (Å²) in [5, 5.41) is 3.95. The summed E-state index contributed by atoms with van der Waals surface area (Å²) >= 11 is 5.94. The van der Waals surface area contributed by atoms with E-state index in [0.717, 1.165) is 22.8 Å². The average Bonchev–Trinajstić information content (AvgIpc) is 2.43. The lowest BCUT2D eigenvalue weighted by molar-refractivity contribution is 0.305. The minimum absolute atomic E-state index is 0.588. The van der Waals surface area contributed by atoms with Crippen molar-refractivity contribution >= 4 is 17.4 Å². The number of nitrogens with zero attached hydrogens (tertiary/aromatic N) is 2. The highest BCUT2D eigenvalue weighted by Gasteiger charge is 2.00. The Bertz CT molecular complexity index is 534. The molecule has 0 amide bonds. The highest BCUT2D eigenvalue weighted by atomic mass is 35.5. The standard InChI is InChI=1S/C14H16ClN3O/c1-2-6-19-14-8-13(17-10-18-14)16-9-11-4-3-5-12(15)7-11/h3-5,7-8,10H,2,6,9H2,1H3,(H,16,17,18). The van der Waals surface area contributed by atoms with Crippen molar-refractivity contribution in [1.29, 1.82) is 0 Å². The second kappa shape index (κ2) is 6.95. The zero-order valence-electron chi connectivity index (χ0n) is 10.8. The first-order valence-electron chi connectivity index (χ1n) is 6.21. The molecule has 1 aromatic carbocycles. The monoisotopic (exact) mass is 277 g/mol. The lowest BCUT2D eigenvalue weighted by atomic mass is 10.2. The van der Waals surface area contributed by atoms with E-state index in [1.165, 1.54) is 6.33 Å². The number of halogens is 1. The molecule has 100 valence electrons. The summed E-state index contributed by atoms with van der Waals surface area (Å²) in [5.74, 6) is 1.33. The van der Waals surface area contributed by atoms with Crippen LogP contribution in [-0.4, -0.2) is 16.6 Å². The van der Waals surface area contributed by atoms with Gasteiger partial charge in [0.2, 0.25) is 5.88 Å². The lowest BCUT2D eigenvalue weighted by Gasteiger charge is -2.08. The Morgan fingerprint density at radius 3 is 2.95 bits per heavy atom. The van der Waals surface area contributed by atoms with Crippen molar-refractivity contribution in [1.82, 2.24) is 9.97 Å². The van der Waals surface area contributed by atoms with Crippen LogP contribution >= 0.6 is 11.6 Å². The Morgan fingerprint density at radius 1 is 1.26 bits per heavy atom. The highest BCUT2D eigenvalue weighted by Crippen LogP contribution is 2.14. The van der Waals surface area contributed by atoms with E-state index in [9.17, 15) is 0 Å². The largest absolute Gasteiger partial charge is 0.478 e. The molecule has 0 aliphatic heterocycles. The molecule has 0 aliphatic rings. The van der Waals surface area contributed by atoms with Gasteiger partial charge < -0.3 is 10.1 Å². The summed E-state index contributed by atoms with van der Waals surface area (Å²) in [5.41, 5.74) is 1.10. The third kappa shape index (κ3) is 4.41. The van der Waals surface area contributed by atoms with Crippen LogP contribution in [0.4, 0.5) is 5.82 Å². The minimum atomic E-state index is 0.588. The molecule has 0 saturated carbocycles. The number of benzene rings is 1. The van der Waals surface area contributed by atoms with E-state index in [1.54, 1.807) is 6.07 Å². The van der Waals surface area contributed by atoms with Gasteiger partial charge >= 0.3 is 0 Å². The van der Waals surface area contributed by atoms with Gasteiger partial charge in [0.25, 0.3) is 0 Å². The van der Waals surface area contributed by atoms with E-state index in [1.807, 2.05) is 24.3 Å². The molecule has 0 radical (unpaired) electrons. The van der Waals surface area contributed by atoms with Crippen molar-refractivity contribution < 1.29 is 4.74 Å². The van der Waals surface area contributed by atoms with Crippen molar-refractivity contribution in [3.63, 3.8) is 0 Å². The Kier molecular flexibility index (Phi) is 4.98. The molecule has 0 fully saturated rings. The number of hydrogen-bond acceptors (Lipinski definition) is 4. The number of rotatable bonds is 6. The van der Waals surface area contributed by atoms with Gasteiger partial charge in [-0.15, -0.1) is 0 Å². The molecule has 0 atom stereocenters. The summed E-state index contributed by atoms with van der Waals surface area (Å²) in [6.45, 7) is 3.37. The van der Waals surface area contributed by atoms with Crippen molar-refractivity contribution in [2.75, 3.05) is 11.9 Å². The molecule has 0 spiro atoms. The number of anilines is 1. The lowest BCUT2D eigenvalue weighted by Crippen LogP contribution is -2.03. The summed E-state index contributed by atoms with van der Waals surface area (Å²) in [7, 11) is 0. The topological polar surface area (TPSA) is 47.0 Å². The zero-order valence-corrected chi connectivity index (χ0v) is 11.5. The number of nitrogens with one attached hydrogen (secondary N) is 1. The molecule has 2 rings (SSSR count). The zero-order chi connectivity index (χ0) is 13.5. The fraction of sp³-hybridized carbons (Fsp3) is 0.286. The van der Waals surface area contributed by atoms with Gasteiger partial charge in [-0.05, 0) is 24.1 Å². The number of ether oxygens (including phenoxy) is 1. The van der Waals surface area contributed by atoms with Crippen LogP contribution in [0.3, 0.4) is 0 Å². The fourth-order valence-corrected chi connectivity index (χ4v) is 1.77. The second-order valence-corrected chi connectivity index (χ2v) is 4.51. The predicted octanol–water partition coefficient (Wildman–Crippen LogP) is 3.53. The average molecular weight is 278 g/mol. The van der Waals surface area contributed by atoms with Crippen LogP contribution in [0.2, 0.25) is 5.02 Å². The van der Waals surface area contributed by atoms with E-state index < -0.39 is 0 Å². The first-order valence-corrected chi connectivity index (χ1v) is 6.59. The van der Waals surface area contributed by atoms with Gasteiger partial charge in [-0.3, -0.25) is 0 Å². The molecule has 1 aromatic heterocycles. The van der Waals surface area contributed by atoms with Crippen LogP contribution < -0.4 is 10.1 Å². The molecule has 2 aromatic rings. The molecular formula is C14H16ClN3O. The van der Waals surface area contributed by atoms with E-state index in [0.29, 0.717) is 19.0 Å². The molecule has 0 saturated heterocycles. The molecule has 19 heavy (non-hydrogen) atoms. The normalized spacial score (nSPS) is 10.2. The molecule has 1 heterocycles. The second-order valence-electron chi connectivity index (χ2n) is 4.07. The fourth-order valence-electron chi connectivity index (χ4n) is 1.56. The van der Waals surface area contributed by atoms with Gasteiger partial charge in [0, 0.05) is 17.6 Å². The Hall–Kier alpha value is -1.81. The van der Waals surface area contributed by atoms with Gasteiger partial charge in [-0.25, -0.2) is 9.97 Å². The Morgan fingerprint density at radius 2 is 2.16 bits per heavy atom. The SMILES string of the molecule is CCCOc1cc(NCc2cccc(Cl)c2)ncn1. The maximum atomic E-state index is 5.94. The van der Waals surface area contributed by atoms with Crippen molar-refractivity contribution in [3.8, 4) is 5.88 Å². The molecule has 1 N–H and O–H groups in total. The van der Waals surface area contributed by atoms with E-state index in [-0.39, 0.29) is 0 Å². The van der Waals surface area contributed by atoms with Crippen molar-refractivity contribution in [3.05, 3.63) is 47.2 Å². The molecule has 4 nitrogen and oxygen atoms in total. The van der Waals surface area contributed by atoms with Crippen molar-refractivity contribution in [2.24, 2.45) is 0 Å². The Labute approximate surface area is 117 Å². The molecule has 0 aliphatic carbocycles. The number of hydrogen-bond donors (Lipinski definition) is 1. The quantitative estimate of drug-likeness (QED) is 0.877. The van der Waals surface area contributed by atoms with Crippen LogP contribution in [0.5, 0.6) is 5.88 Å². The first kappa shape index (κ1) is 13.6. The van der Waals surface area contributed by atoms with Gasteiger partial charge in [0.1, 0.15) is 12.1 Å². The van der Waals surface area contributed by atoms with Crippen LogP contribution in [0.1, 0.15) is 18.9 Å². The molecule has 0 unspecified atom stereocenters. The van der Waals surface area contributed by atoms with Gasteiger partial charge in [0.15, 0.2) is 0 Å². The van der Waals surface area contributed by atoms with Crippen molar-refractivity contribution in [2.45, 2.75) is 19.9 Å². The highest BCUT2D eigenvalue weighted by molar-refractivity contribution is 6.30. The third-order valence-electron chi connectivity index (χ3n) is 2.46. The maximum Gasteiger partial charge on any atom is 0.218 e. The smallest absolute Gasteiger partial charge is 0.218 e. The van der Waals surface area contributed by atoms with Gasteiger partial charge in [-0.2, -0.15) is 0 Å². The predicted molar refractivity (Wildman–Crippen MR) is 76.6 cm³/mol. The summed E-state index contributed by atoms with van der Waals surface area (Å²) < 4.78 is 5.45. The molecule has 5 heteroatoms. The van der Waals surface area contributed by atoms with E-state index in [2.05, 4.69) is 22.2 Å². The Balaban J connectivity index is 1.95. The van der Waals surface area contributed by atoms with E-state index >= 15 is 0 Å². The third-order valence-corrected chi connectivity index (χ3v) is 2.69. The van der Waals surface area contributed by atoms with Crippen LogP contribution in [0.15, 0.2) is 36.7 Å². The van der Waals surface area contributed by atoms with Gasteiger partial charge in [0.05, 0.1) is 6.61 Å². The van der Waals surface area contributed by atoms with E-state index in [4.69, 9.17) is 16.3 Å². The summed E-state index contributed by atoms with van der Waals surface area (Å²) in [6.07, 6.45) is 2.45. The summed E-state index contributed by atoms with van der Waals surface area (Å²) in [4.78, 5) is 8.20. The summed E-state index contributed by atoms with van der Waals surface area (Å²) in [6, 6.07) is 9.50. The van der Waals surface area contributed by atoms with Crippen LogP contribution in [-0.2, 0) is 6.54 Å². The molecular weight excluding hydrogens is 262 g/mol.